The zero-order valence-corrected chi connectivity index (χ0v) is 12.1. The van der Waals surface area contributed by atoms with E-state index in [2.05, 4.69) is 4.74 Å². The van der Waals surface area contributed by atoms with E-state index >= 15 is 0 Å². The second-order valence-corrected chi connectivity index (χ2v) is 4.05. The third-order valence-corrected chi connectivity index (χ3v) is 2.62. The van der Waals surface area contributed by atoms with Crippen LogP contribution >= 0.6 is 0 Å². The van der Waals surface area contributed by atoms with Crippen LogP contribution in [0.5, 0.6) is 11.5 Å². The van der Waals surface area contributed by atoms with E-state index < -0.39 is 11.9 Å². The van der Waals surface area contributed by atoms with E-state index in [4.69, 9.17) is 9.84 Å². The smallest absolute Gasteiger partial charge is 0.337 e. The lowest BCUT2D eigenvalue weighted by atomic mass is 10.2. The van der Waals surface area contributed by atoms with Crippen LogP contribution in [0.25, 0.3) is 0 Å². The lowest BCUT2D eigenvalue weighted by Gasteiger charge is -2.04. The van der Waals surface area contributed by atoms with Gasteiger partial charge in [-0.2, -0.15) is 0 Å². The summed E-state index contributed by atoms with van der Waals surface area (Å²) in [6.07, 6.45) is 0. The summed E-state index contributed by atoms with van der Waals surface area (Å²) in [5, 5.41) is 17.7. The molecule has 22 heavy (non-hydrogen) atoms. The Morgan fingerprint density at radius 3 is 2.00 bits per heavy atom. The number of rotatable bonds is 3. The van der Waals surface area contributed by atoms with Gasteiger partial charge in [0.1, 0.15) is 0 Å². The molecule has 0 saturated carbocycles. The van der Waals surface area contributed by atoms with Gasteiger partial charge in [0.05, 0.1) is 25.3 Å². The number of hydrogen-bond donors (Lipinski definition) is 2. The summed E-state index contributed by atoms with van der Waals surface area (Å²) in [6.45, 7) is 0. The summed E-state index contributed by atoms with van der Waals surface area (Å²) < 4.78 is 9.29. The van der Waals surface area contributed by atoms with Gasteiger partial charge in [0.2, 0.25) is 0 Å². The zero-order chi connectivity index (χ0) is 16.5. The summed E-state index contributed by atoms with van der Waals surface area (Å²) in [6, 6.07) is 12.6. The first-order valence-corrected chi connectivity index (χ1v) is 6.23. The fourth-order valence-corrected chi connectivity index (χ4v) is 1.52. The van der Waals surface area contributed by atoms with Gasteiger partial charge >= 0.3 is 11.9 Å². The van der Waals surface area contributed by atoms with Crippen molar-refractivity contribution < 1.29 is 29.3 Å². The minimum atomic E-state index is -0.879. The molecule has 0 bridgehead atoms. The molecule has 0 heterocycles. The molecule has 2 N–H and O–H groups in total. The van der Waals surface area contributed by atoms with Gasteiger partial charge in [0.25, 0.3) is 0 Å². The number of aromatic hydroxyl groups is 1. The highest BCUT2D eigenvalue weighted by atomic mass is 16.5. The number of carbonyl (C=O) groups excluding carboxylic acids is 1. The number of carbonyl (C=O) groups is 2. The third-order valence-electron chi connectivity index (χ3n) is 2.62. The maximum atomic E-state index is 11.0. The predicted molar refractivity (Wildman–Crippen MR) is 79.4 cm³/mol. The molecule has 0 unspecified atom stereocenters. The van der Waals surface area contributed by atoms with Crippen LogP contribution in [0.4, 0.5) is 0 Å². The van der Waals surface area contributed by atoms with Crippen LogP contribution in [-0.2, 0) is 4.74 Å². The largest absolute Gasteiger partial charge is 0.504 e. The molecule has 2 aromatic carbocycles. The van der Waals surface area contributed by atoms with Crippen LogP contribution in [0, 0.1) is 0 Å². The van der Waals surface area contributed by atoms with Crippen LogP contribution < -0.4 is 4.74 Å². The summed E-state index contributed by atoms with van der Waals surface area (Å²) in [5.74, 6) is -1.12. The Balaban J connectivity index is 0.000000235. The Morgan fingerprint density at radius 1 is 0.955 bits per heavy atom. The van der Waals surface area contributed by atoms with E-state index in [0.717, 1.165) is 0 Å². The molecule has 0 saturated heterocycles. The highest BCUT2D eigenvalue weighted by molar-refractivity contribution is 5.90. The highest BCUT2D eigenvalue weighted by Crippen LogP contribution is 2.26. The number of phenolic OH excluding ortho intramolecular Hbond substituents is 1. The standard InChI is InChI=1S/C9H10O4.C7H6O2/c1-12-8-4-3-6(5-7(8)10)9(11)13-2;8-7(9)6-4-2-1-3-5-6/h3-5,10H,1-2H3;1-5H,(H,8,9). The normalized spacial score (nSPS) is 9.18. The minimum absolute atomic E-state index is 0.0783. The van der Waals surface area contributed by atoms with Crippen LogP contribution in [0.15, 0.2) is 48.5 Å². The summed E-state index contributed by atoms with van der Waals surface area (Å²) >= 11 is 0. The van der Waals surface area contributed by atoms with Crippen LogP contribution in [0.2, 0.25) is 0 Å². The van der Waals surface area contributed by atoms with Crippen molar-refractivity contribution in [2.45, 2.75) is 0 Å². The van der Waals surface area contributed by atoms with Gasteiger partial charge in [-0.25, -0.2) is 9.59 Å². The molecule has 0 atom stereocenters. The van der Waals surface area contributed by atoms with Crippen LogP contribution in [-0.4, -0.2) is 36.4 Å². The van der Waals surface area contributed by atoms with E-state index in [9.17, 15) is 14.7 Å². The van der Waals surface area contributed by atoms with Gasteiger partial charge in [-0.1, -0.05) is 18.2 Å². The van der Waals surface area contributed by atoms with Crippen molar-refractivity contribution in [1.29, 1.82) is 0 Å². The van der Waals surface area contributed by atoms with Crippen molar-refractivity contribution >= 4 is 11.9 Å². The number of hydrogen-bond acceptors (Lipinski definition) is 5. The molecule has 0 radical (unpaired) electrons. The van der Waals surface area contributed by atoms with Gasteiger partial charge < -0.3 is 19.7 Å². The number of ether oxygens (including phenoxy) is 2. The van der Waals surface area contributed by atoms with E-state index in [1.807, 2.05) is 0 Å². The Hall–Kier alpha value is -3.02. The van der Waals surface area contributed by atoms with Crippen molar-refractivity contribution in [2.75, 3.05) is 14.2 Å². The van der Waals surface area contributed by atoms with Gasteiger partial charge in [-0.05, 0) is 30.3 Å². The molecule has 6 nitrogen and oxygen atoms in total. The van der Waals surface area contributed by atoms with Gasteiger partial charge in [0.15, 0.2) is 11.5 Å². The molecule has 0 amide bonds. The Bertz CT molecular complexity index is 636. The first-order valence-electron chi connectivity index (χ1n) is 6.23. The summed E-state index contributed by atoms with van der Waals surface area (Å²) in [4.78, 5) is 21.2. The minimum Gasteiger partial charge on any atom is -0.504 e. The predicted octanol–water partition coefficient (Wildman–Crippen LogP) is 2.57. The first-order chi connectivity index (χ1) is 10.5. The lowest BCUT2D eigenvalue weighted by molar-refractivity contribution is 0.0599. The van der Waals surface area contributed by atoms with Crippen molar-refractivity contribution in [3.63, 3.8) is 0 Å². The van der Waals surface area contributed by atoms with Gasteiger partial charge in [-0.15, -0.1) is 0 Å². The molecule has 0 aliphatic heterocycles. The number of carboxylic acid groups (broad SMARTS) is 1. The van der Waals surface area contributed by atoms with E-state index in [1.54, 1.807) is 30.3 Å². The maximum absolute atomic E-state index is 11.0. The number of methoxy groups -OCH3 is 2. The van der Waals surface area contributed by atoms with E-state index in [1.165, 1.54) is 32.4 Å². The van der Waals surface area contributed by atoms with Crippen LogP contribution in [0.1, 0.15) is 20.7 Å². The molecule has 0 fully saturated rings. The van der Waals surface area contributed by atoms with Crippen molar-refractivity contribution in [3.8, 4) is 11.5 Å². The van der Waals surface area contributed by atoms with Gasteiger partial charge in [0, 0.05) is 0 Å². The second-order valence-electron chi connectivity index (χ2n) is 4.05. The fourth-order valence-electron chi connectivity index (χ4n) is 1.52. The number of carboxylic acids is 1. The SMILES string of the molecule is COC(=O)c1ccc(OC)c(O)c1.O=C(O)c1ccccc1. The monoisotopic (exact) mass is 304 g/mol. The average molecular weight is 304 g/mol. The number of esters is 1. The summed E-state index contributed by atoms with van der Waals surface area (Å²) in [7, 11) is 2.72. The van der Waals surface area contributed by atoms with Crippen molar-refractivity contribution in [1.82, 2.24) is 0 Å². The topological polar surface area (TPSA) is 93.1 Å². The molecule has 0 aliphatic carbocycles. The molecule has 2 aromatic rings. The lowest BCUT2D eigenvalue weighted by Crippen LogP contribution is -2.00. The Morgan fingerprint density at radius 2 is 1.59 bits per heavy atom. The number of phenols is 1. The molecule has 0 aromatic heterocycles. The Kier molecular flexibility index (Phi) is 6.43. The van der Waals surface area contributed by atoms with E-state index in [0.29, 0.717) is 16.9 Å². The molecule has 0 spiro atoms. The molecule has 6 heteroatoms. The highest BCUT2D eigenvalue weighted by Gasteiger charge is 2.08. The van der Waals surface area contributed by atoms with Gasteiger partial charge in [-0.3, -0.25) is 0 Å². The first kappa shape index (κ1) is 17.0. The fraction of sp³-hybridized carbons (Fsp3) is 0.125. The molecular formula is C16H16O6. The number of benzene rings is 2. The van der Waals surface area contributed by atoms with Crippen molar-refractivity contribution in [2.24, 2.45) is 0 Å². The molecule has 0 aliphatic rings. The van der Waals surface area contributed by atoms with Crippen LogP contribution in [0.3, 0.4) is 0 Å². The molecule has 2 rings (SSSR count). The van der Waals surface area contributed by atoms with E-state index in [-0.39, 0.29) is 5.75 Å². The number of aromatic carboxylic acids is 1. The Labute approximate surface area is 127 Å². The average Bonchev–Trinajstić information content (AvgIpc) is 2.55. The summed E-state index contributed by atoms with van der Waals surface area (Å²) in [5.41, 5.74) is 0.623. The molecular weight excluding hydrogens is 288 g/mol. The van der Waals surface area contributed by atoms with Crippen molar-refractivity contribution in [3.05, 3.63) is 59.7 Å². The third kappa shape index (κ3) is 4.82. The quantitative estimate of drug-likeness (QED) is 0.847. The molecule has 116 valence electrons. The zero-order valence-electron chi connectivity index (χ0n) is 12.1. The second kappa shape index (κ2) is 8.31. The maximum Gasteiger partial charge on any atom is 0.337 e.